The van der Waals surface area contributed by atoms with E-state index in [1.54, 1.807) is 24.6 Å². The highest BCUT2D eigenvalue weighted by molar-refractivity contribution is 7.09. The molecule has 0 aliphatic rings. The summed E-state index contributed by atoms with van der Waals surface area (Å²) in [5.41, 5.74) is 0.903. The van der Waals surface area contributed by atoms with Crippen LogP contribution in [0, 0.1) is 0 Å². The van der Waals surface area contributed by atoms with E-state index in [9.17, 15) is 4.79 Å². The maximum Gasteiger partial charge on any atom is 0.315 e. The van der Waals surface area contributed by atoms with E-state index in [1.807, 2.05) is 59.6 Å². The highest BCUT2D eigenvalue weighted by atomic mass is 32.1. The van der Waals surface area contributed by atoms with Gasteiger partial charge in [-0.25, -0.2) is 9.78 Å². The minimum atomic E-state index is -0.376. The van der Waals surface area contributed by atoms with Gasteiger partial charge < -0.3 is 19.9 Å². The predicted molar refractivity (Wildman–Crippen MR) is 97.7 cm³/mol. The zero-order valence-electron chi connectivity index (χ0n) is 14.1. The van der Waals surface area contributed by atoms with Gasteiger partial charge in [-0.05, 0) is 29.1 Å². The zero-order valence-corrected chi connectivity index (χ0v) is 14.9. The summed E-state index contributed by atoms with van der Waals surface area (Å²) in [4.78, 5) is 17.9. The van der Waals surface area contributed by atoms with Gasteiger partial charge in [0.1, 0.15) is 17.6 Å². The van der Waals surface area contributed by atoms with Crippen LogP contribution in [0.3, 0.4) is 0 Å². The Hall–Kier alpha value is -2.80. The van der Waals surface area contributed by atoms with E-state index in [2.05, 4.69) is 15.6 Å². The number of amides is 2. The average molecular weight is 356 g/mol. The highest BCUT2D eigenvalue weighted by Crippen LogP contribution is 2.24. The molecule has 0 spiro atoms. The third-order valence-corrected chi connectivity index (χ3v) is 4.70. The van der Waals surface area contributed by atoms with E-state index in [1.165, 1.54) is 0 Å². The van der Waals surface area contributed by atoms with E-state index < -0.39 is 0 Å². The molecule has 0 bridgehead atoms. The molecule has 0 aliphatic carbocycles. The van der Waals surface area contributed by atoms with Crippen molar-refractivity contribution in [2.45, 2.75) is 12.6 Å². The smallest absolute Gasteiger partial charge is 0.315 e. The number of carbonyl (C=O) groups is 1. The van der Waals surface area contributed by atoms with Crippen molar-refractivity contribution in [1.29, 1.82) is 0 Å². The maximum absolute atomic E-state index is 12.4. The van der Waals surface area contributed by atoms with E-state index in [0.717, 1.165) is 22.0 Å². The van der Waals surface area contributed by atoms with Gasteiger partial charge in [0, 0.05) is 24.3 Å². The normalized spacial score (nSPS) is 11.8. The first-order chi connectivity index (χ1) is 12.2. The second-order valence-electron chi connectivity index (χ2n) is 5.51. The van der Waals surface area contributed by atoms with Gasteiger partial charge in [-0.2, -0.15) is 0 Å². The van der Waals surface area contributed by atoms with Crippen molar-refractivity contribution in [3.63, 3.8) is 0 Å². The Morgan fingerprint density at radius 2 is 2.24 bits per heavy atom. The fourth-order valence-electron chi connectivity index (χ4n) is 2.54. The number of urea groups is 1. The average Bonchev–Trinajstić information content (AvgIpc) is 3.29. The summed E-state index contributed by atoms with van der Waals surface area (Å²) >= 11 is 1.61. The number of ether oxygens (including phenoxy) is 1. The lowest BCUT2D eigenvalue weighted by Crippen LogP contribution is -2.38. The van der Waals surface area contributed by atoms with Crippen LogP contribution in [0.5, 0.6) is 5.75 Å². The third kappa shape index (κ3) is 4.19. The molecular weight excluding hydrogens is 336 g/mol. The summed E-state index contributed by atoms with van der Waals surface area (Å²) in [5.74, 6) is 1.48. The molecule has 1 aromatic carbocycles. The van der Waals surface area contributed by atoms with E-state index >= 15 is 0 Å². The standard InChI is InChI=1S/C18H20N4O2S/c1-22-9-8-19-17(22)16(13-5-3-6-14(11-13)24-2)21-18(23)20-12-15-7-4-10-25-15/h3-11,16H,12H2,1-2H3,(H2,20,21,23). The summed E-state index contributed by atoms with van der Waals surface area (Å²) in [6, 6.07) is 10.9. The number of nitrogens with zero attached hydrogens (tertiary/aromatic N) is 2. The second kappa shape index (κ2) is 7.85. The Labute approximate surface area is 150 Å². The van der Waals surface area contributed by atoms with Gasteiger partial charge in [0.25, 0.3) is 0 Å². The van der Waals surface area contributed by atoms with Crippen LogP contribution in [0.25, 0.3) is 0 Å². The van der Waals surface area contributed by atoms with Gasteiger partial charge in [-0.1, -0.05) is 18.2 Å². The summed E-state index contributed by atoms with van der Waals surface area (Å²) in [5, 5.41) is 7.88. The van der Waals surface area contributed by atoms with Crippen LogP contribution in [0.15, 0.2) is 54.2 Å². The van der Waals surface area contributed by atoms with Crippen molar-refractivity contribution in [1.82, 2.24) is 20.2 Å². The minimum Gasteiger partial charge on any atom is -0.497 e. The second-order valence-corrected chi connectivity index (χ2v) is 6.54. The van der Waals surface area contributed by atoms with Crippen molar-refractivity contribution in [2.24, 2.45) is 7.05 Å². The summed E-state index contributed by atoms with van der Waals surface area (Å²) in [6.07, 6.45) is 3.57. The quantitative estimate of drug-likeness (QED) is 0.713. The van der Waals surface area contributed by atoms with Gasteiger partial charge in [0.05, 0.1) is 13.7 Å². The lowest BCUT2D eigenvalue weighted by Gasteiger charge is -2.20. The number of aromatic nitrogens is 2. The summed E-state index contributed by atoms with van der Waals surface area (Å²) in [7, 11) is 3.52. The lowest BCUT2D eigenvalue weighted by atomic mass is 10.1. The fraction of sp³-hybridized carbons (Fsp3) is 0.222. The van der Waals surface area contributed by atoms with Gasteiger partial charge >= 0.3 is 6.03 Å². The molecule has 6 nitrogen and oxygen atoms in total. The van der Waals surface area contributed by atoms with Crippen LogP contribution in [-0.2, 0) is 13.6 Å². The van der Waals surface area contributed by atoms with Gasteiger partial charge in [-0.15, -0.1) is 11.3 Å². The molecule has 2 amide bonds. The molecule has 0 aliphatic heterocycles. The van der Waals surface area contributed by atoms with Crippen molar-refractivity contribution >= 4 is 17.4 Å². The molecule has 2 heterocycles. The molecule has 0 fully saturated rings. The topological polar surface area (TPSA) is 68.2 Å². The Bertz CT molecular complexity index is 829. The van der Waals surface area contributed by atoms with Gasteiger partial charge in [0.15, 0.2) is 0 Å². The van der Waals surface area contributed by atoms with Crippen LogP contribution in [0.4, 0.5) is 4.79 Å². The third-order valence-electron chi connectivity index (χ3n) is 3.82. The maximum atomic E-state index is 12.4. The van der Waals surface area contributed by atoms with Crippen molar-refractivity contribution < 1.29 is 9.53 Å². The van der Waals surface area contributed by atoms with Crippen LogP contribution < -0.4 is 15.4 Å². The molecule has 0 saturated heterocycles. The molecule has 0 radical (unpaired) electrons. The number of thiophene rings is 1. The lowest BCUT2D eigenvalue weighted by molar-refractivity contribution is 0.238. The van der Waals surface area contributed by atoms with E-state index in [-0.39, 0.29) is 12.1 Å². The molecule has 2 N–H and O–H groups in total. The van der Waals surface area contributed by atoms with Crippen molar-refractivity contribution in [3.05, 3.63) is 70.4 Å². The SMILES string of the molecule is COc1cccc(C(NC(=O)NCc2cccs2)c2nccn2C)c1. The molecule has 1 atom stereocenters. The number of methoxy groups -OCH3 is 1. The molecule has 7 heteroatoms. The van der Waals surface area contributed by atoms with E-state index in [0.29, 0.717) is 6.54 Å². The first-order valence-corrected chi connectivity index (χ1v) is 8.73. The monoisotopic (exact) mass is 356 g/mol. The number of aryl methyl sites for hydroxylation is 1. The number of rotatable bonds is 6. The van der Waals surface area contributed by atoms with Crippen LogP contribution in [-0.4, -0.2) is 22.7 Å². The fourth-order valence-corrected chi connectivity index (χ4v) is 3.18. The van der Waals surface area contributed by atoms with Crippen LogP contribution in [0.1, 0.15) is 22.3 Å². The molecule has 2 aromatic heterocycles. The Morgan fingerprint density at radius 1 is 1.36 bits per heavy atom. The molecule has 1 unspecified atom stereocenters. The zero-order chi connectivity index (χ0) is 17.6. The molecule has 25 heavy (non-hydrogen) atoms. The van der Waals surface area contributed by atoms with Crippen molar-refractivity contribution in [2.75, 3.05) is 7.11 Å². The number of carbonyl (C=O) groups excluding carboxylic acids is 1. The van der Waals surface area contributed by atoms with Crippen LogP contribution in [0.2, 0.25) is 0 Å². The molecule has 0 saturated carbocycles. The number of hydrogen-bond acceptors (Lipinski definition) is 4. The molecular formula is C18H20N4O2S. The number of hydrogen-bond donors (Lipinski definition) is 2. The largest absolute Gasteiger partial charge is 0.497 e. The number of nitrogens with one attached hydrogen (secondary N) is 2. The predicted octanol–water partition coefficient (Wildman–Crippen LogP) is 3.08. The minimum absolute atomic E-state index is 0.246. The summed E-state index contributed by atoms with van der Waals surface area (Å²) in [6.45, 7) is 0.495. The Balaban J connectivity index is 1.79. The molecule has 3 aromatic rings. The summed E-state index contributed by atoms with van der Waals surface area (Å²) < 4.78 is 7.19. The van der Waals surface area contributed by atoms with Crippen molar-refractivity contribution in [3.8, 4) is 5.75 Å². The first-order valence-electron chi connectivity index (χ1n) is 7.85. The van der Waals surface area contributed by atoms with Gasteiger partial charge in [0.2, 0.25) is 0 Å². The number of benzene rings is 1. The first kappa shape index (κ1) is 17.0. The van der Waals surface area contributed by atoms with Gasteiger partial charge in [-0.3, -0.25) is 0 Å². The molecule has 3 rings (SSSR count). The Kier molecular flexibility index (Phi) is 5.35. The highest BCUT2D eigenvalue weighted by Gasteiger charge is 2.21. The molecule has 130 valence electrons. The van der Waals surface area contributed by atoms with Crippen LogP contribution >= 0.6 is 11.3 Å². The van der Waals surface area contributed by atoms with E-state index in [4.69, 9.17) is 4.74 Å². The Morgan fingerprint density at radius 3 is 2.92 bits per heavy atom. The number of imidazole rings is 1.